The van der Waals surface area contributed by atoms with Gasteiger partial charge in [-0.1, -0.05) is 23.9 Å². The smallest absolute Gasteiger partial charge is 0.352 e. The van der Waals surface area contributed by atoms with Gasteiger partial charge in [0.15, 0.2) is 0 Å². The Morgan fingerprint density at radius 2 is 1.86 bits per heavy atom. The Morgan fingerprint density at radius 3 is 2.46 bits per heavy atom. The summed E-state index contributed by atoms with van der Waals surface area (Å²) in [5, 5.41) is 7.67. The normalized spacial score (nSPS) is 11.8. The molecule has 6 nitrogen and oxygen atoms in total. The van der Waals surface area contributed by atoms with E-state index in [2.05, 4.69) is 20.4 Å². The first kappa shape index (κ1) is 20.1. The molecule has 0 saturated carbocycles. The number of carbonyl (C=O) groups excluding carboxylic acids is 1. The predicted octanol–water partition coefficient (Wildman–Crippen LogP) is 3.34. The molecule has 0 saturated heterocycles. The van der Waals surface area contributed by atoms with Crippen molar-refractivity contribution in [3.05, 3.63) is 52.3 Å². The second-order valence-corrected chi connectivity index (χ2v) is 6.99. The number of halogens is 3. The van der Waals surface area contributed by atoms with Gasteiger partial charge in [0, 0.05) is 23.5 Å². The van der Waals surface area contributed by atoms with Gasteiger partial charge < -0.3 is 5.32 Å². The maximum atomic E-state index is 12.6. The number of nitrogens with one attached hydrogen (secondary N) is 1. The first-order chi connectivity index (χ1) is 13.2. The van der Waals surface area contributed by atoms with Crippen LogP contribution in [0.2, 0.25) is 0 Å². The lowest BCUT2D eigenvalue weighted by Crippen LogP contribution is -2.26. The van der Waals surface area contributed by atoms with Crippen LogP contribution in [0.3, 0.4) is 0 Å². The Balaban J connectivity index is 1.69. The molecule has 148 valence electrons. The molecule has 1 aromatic carbocycles. The monoisotopic (exact) mass is 409 g/mol. The summed E-state index contributed by atoms with van der Waals surface area (Å²) in [6.07, 6.45) is -2.41. The number of hydrogen-bond donors (Lipinski definition) is 1. The third-order valence-electron chi connectivity index (χ3n) is 4.32. The van der Waals surface area contributed by atoms with Crippen molar-refractivity contribution in [1.82, 2.24) is 24.9 Å². The minimum Gasteiger partial charge on any atom is -0.352 e. The fourth-order valence-electron chi connectivity index (χ4n) is 2.77. The molecule has 3 aromatic rings. The lowest BCUT2D eigenvalue weighted by Gasteiger charge is -2.11. The van der Waals surface area contributed by atoms with Crippen LogP contribution in [0, 0.1) is 13.8 Å². The molecule has 0 fully saturated rings. The first-order valence-corrected chi connectivity index (χ1v) is 9.61. The van der Waals surface area contributed by atoms with Crippen LogP contribution in [0.25, 0.3) is 5.78 Å². The summed E-state index contributed by atoms with van der Waals surface area (Å²) < 4.78 is 39.4. The van der Waals surface area contributed by atoms with Crippen molar-refractivity contribution >= 4 is 23.4 Å². The van der Waals surface area contributed by atoms with E-state index in [-0.39, 0.29) is 18.9 Å². The lowest BCUT2D eigenvalue weighted by atomic mass is 10.1. The van der Waals surface area contributed by atoms with Crippen LogP contribution in [0.15, 0.2) is 29.4 Å². The zero-order chi connectivity index (χ0) is 20.5. The number of carbonyl (C=O) groups is 1. The maximum absolute atomic E-state index is 12.6. The lowest BCUT2D eigenvalue weighted by molar-refractivity contribution is -0.137. The molecule has 0 aliphatic carbocycles. The zero-order valence-electron chi connectivity index (χ0n) is 15.5. The number of aryl methyl sites for hydroxylation is 2. The van der Waals surface area contributed by atoms with E-state index in [4.69, 9.17) is 0 Å². The van der Waals surface area contributed by atoms with Gasteiger partial charge in [0.2, 0.25) is 11.1 Å². The molecule has 0 unspecified atom stereocenters. The van der Waals surface area contributed by atoms with E-state index < -0.39 is 11.7 Å². The number of thioether (sulfide) groups is 1. The van der Waals surface area contributed by atoms with Gasteiger partial charge in [0.05, 0.1) is 12.0 Å². The number of alkyl halides is 3. The first-order valence-electron chi connectivity index (χ1n) is 8.38. The topological polar surface area (TPSA) is 72.2 Å². The van der Waals surface area contributed by atoms with Crippen molar-refractivity contribution in [3.63, 3.8) is 0 Å². The van der Waals surface area contributed by atoms with Gasteiger partial charge in [-0.05, 0) is 37.8 Å². The number of amides is 1. The van der Waals surface area contributed by atoms with E-state index in [0.717, 1.165) is 23.4 Å². The Morgan fingerprint density at radius 1 is 1.18 bits per heavy atom. The summed E-state index contributed by atoms with van der Waals surface area (Å²) in [5.41, 5.74) is 2.08. The van der Waals surface area contributed by atoms with Crippen LogP contribution >= 0.6 is 11.8 Å². The summed E-state index contributed by atoms with van der Waals surface area (Å²) in [6, 6.07) is 4.71. The largest absolute Gasteiger partial charge is 0.416 e. The van der Waals surface area contributed by atoms with Crippen molar-refractivity contribution in [2.24, 2.45) is 0 Å². The zero-order valence-corrected chi connectivity index (χ0v) is 16.3. The van der Waals surface area contributed by atoms with E-state index in [1.807, 2.05) is 13.2 Å². The molecule has 0 aliphatic heterocycles. The second kappa shape index (κ2) is 7.78. The average molecular weight is 409 g/mol. The molecular weight excluding hydrogens is 391 g/mol. The third-order valence-corrected chi connectivity index (χ3v) is 4.86. The van der Waals surface area contributed by atoms with Gasteiger partial charge in [-0.3, -0.25) is 4.79 Å². The highest BCUT2D eigenvalue weighted by Crippen LogP contribution is 2.29. The highest BCUT2D eigenvalue weighted by Gasteiger charge is 2.29. The second-order valence-electron chi connectivity index (χ2n) is 6.22. The van der Waals surface area contributed by atoms with E-state index in [1.54, 1.807) is 11.4 Å². The van der Waals surface area contributed by atoms with Crippen LogP contribution < -0.4 is 5.32 Å². The van der Waals surface area contributed by atoms with Crippen molar-refractivity contribution in [1.29, 1.82) is 0 Å². The van der Waals surface area contributed by atoms with E-state index in [0.29, 0.717) is 22.2 Å². The highest BCUT2D eigenvalue weighted by atomic mass is 32.2. The van der Waals surface area contributed by atoms with Crippen LogP contribution in [0.4, 0.5) is 13.2 Å². The van der Waals surface area contributed by atoms with Gasteiger partial charge >= 0.3 is 6.18 Å². The number of aromatic nitrogens is 4. The Hall–Kier alpha value is -2.62. The van der Waals surface area contributed by atoms with E-state index >= 15 is 0 Å². The van der Waals surface area contributed by atoms with Crippen molar-refractivity contribution in [2.45, 2.75) is 38.1 Å². The van der Waals surface area contributed by atoms with Crippen LogP contribution in [-0.2, 0) is 23.9 Å². The van der Waals surface area contributed by atoms with Gasteiger partial charge in [-0.2, -0.15) is 18.2 Å². The van der Waals surface area contributed by atoms with E-state index in [9.17, 15) is 18.0 Å². The average Bonchev–Trinajstić information content (AvgIpc) is 3.06. The molecule has 0 radical (unpaired) electrons. The number of benzene rings is 1. The summed E-state index contributed by atoms with van der Waals surface area (Å²) in [6.45, 7) is 3.79. The molecule has 2 heterocycles. The highest BCUT2D eigenvalue weighted by molar-refractivity contribution is 7.98. The summed E-state index contributed by atoms with van der Waals surface area (Å²) in [7, 11) is 0. The quantitative estimate of drug-likeness (QED) is 0.655. The predicted molar refractivity (Wildman–Crippen MR) is 99.0 cm³/mol. The molecule has 0 bridgehead atoms. The minimum atomic E-state index is -4.38. The molecule has 0 atom stereocenters. The van der Waals surface area contributed by atoms with E-state index in [1.165, 1.54) is 23.9 Å². The standard InChI is InChI=1S/C18H18F3N5OS/c1-10-14(11(2)26-16(23-10)24-17(25-26)28-3)8-15(27)22-9-12-4-6-13(7-5-12)18(19,20)21/h4-7H,8-9H2,1-3H3,(H,22,27). The number of fused-ring (bicyclic) bond motifs is 1. The molecule has 1 N–H and O–H groups in total. The maximum Gasteiger partial charge on any atom is 0.416 e. The van der Waals surface area contributed by atoms with Crippen LogP contribution in [-0.4, -0.2) is 31.7 Å². The van der Waals surface area contributed by atoms with Gasteiger partial charge in [0.25, 0.3) is 5.78 Å². The Labute approximate surface area is 163 Å². The van der Waals surface area contributed by atoms with Gasteiger partial charge in [0.1, 0.15) is 0 Å². The summed E-state index contributed by atoms with van der Waals surface area (Å²) in [5.74, 6) is 0.228. The minimum absolute atomic E-state index is 0.0930. The van der Waals surface area contributed by atoms with Gasteiger partial charge in [-0.25, -0.2) is 9.50 Å². The fourth-order valence-corrected chi connectivity index (χ4v) is 3.10. The molecule has 0 spiro atoms. The number of rotatable bonds is 5. The SMILES string of the molecule is CSc1nc2nc(C)c(CC(=O)NCc3ccc(C(F)(F)F)cc3)c(C)n2n1. The van der Waals surface area contributed by atoms with Crippen molar-refractivity contribution in [2.75, 3.05) is 6.26 Å². The fraction of sp³-hybridized carbons (Fsp3) is 0.333. The van der Waals surface area contributed by atoms with Crippen molar-refractivity contribution in [3.8, 4) is 0 Å². The molecule has 1 amide bonds. The number of nitrogens with zero attached hydrogens (tertiary/aromatic N) is 4. The Kier molecular flexibility index (Phi) is 5.59. The van der Waals surface area contributed by atoms with Gasteiger partial charge in [-0.15, -0.1) is 5.10 Å². The summed E-state index contributed by atoms with van der Waals surface area (Å²) in [4.78, 5) is 21.0. The molecule has 28 heavy (non-hydrogen) atoms. The molecular formula is C18H18F3N5OS. The third kappa shape index (κ3) is 4.27. The molecule has 0 aliphatic rings. The summed E-state index contributed by atoms with van der Waals surface area (Å²) >= 11 is 1.40. The Bertz CT molecular complexity index is 1010. The number of hydrogen-bond acceptors (Lipinski definition) is 5. The molecule has 2 aromatic heterocycles. The molecule has 3 rings (SSSR count). The van der Waals surface area contributed by atoms with Crippen LogP contribution in [0.5, 0.6) is 0 Å². The molecule has 10 heteroatoms. The van der Waals surface area contributed by atoms with Crippen molar-refractivity contribution < 1.29 is 18.0 Å². The van der Waals surface area contributed by atoms with Crippen LogP contribution in [0.1, 0.15) is 28.1 Å².